The number of hydrogen-bond acceptors (Lipinski definition) is 6. The normalized spacial score (nSPS) is 14.9. The lowest BCUT2D eigenvalue weighted by Crippen LogP contribution is -2.30. The third kappa shape index (κ3) is 6.98. The first-order valence-corrected chi connectivity index (χ1v) is 11.4. The molecular weight excluding hydrogens is 384 g/mol. The Morgan fingerprint density at radius 2 is 2.00 bits per heavy atom. The van der Waals surface area contributed by atoms with E-state index in [0.29, 0.717) is 24.9 Å². The van der Waals surface area contributed by atoms with Crippen LogP contribution < -0.4 is 10.1 Å². The number of hydrogen-bond donors (Lipinski definition) is 1. The van der Waals surface area contributed by atoms with E-state index in [2.05, 4.69) is 22.5 Å². The second-order valence-electron chi connectivity index (χ2n) is 7.13. The van der Waals surface area contributed by atoms with Crippen LogP contribution in [-0.2, 0) is 4.74 Å². The van der Waals surface area contributed by atoms with Crippen LogP contribution in [0.15, 0.2) is 41.8 Å². The van der Waals surface area contributed by atoms with Crippen molar-refractivity contribution in [2.45, 2.75) is 51.5 Å². The van der Waals surface area contributed by atoms with Crippen LogP contribution in [0.1, 0.15) is 55.9 Å². The van der Waals surface area contributed by atoms with E-state index in [0.717, 1.165) is 29.3 Å². The van der Waals surface area contributed by atoms with Gasteiger partial charge in [-0.05, 0) is 50.5 Å². The summed E-state index contributed by atoms with van der Waals surface area (Å²) in [6.07, 6.45) is 12.0. The summed E-state index contributed by atoms with van der Waals surface area (Å²) in [5.41, 5.74) is 1.32. The zero-order valence-corrected chi connectivity index (χ0v) is 17.9. The van der Waals surface area contributed by atoms with Crippen molar-refractivity contribution in [3.63, 3.8) is 0 Å². The van der Waals surface area contributed by atoms with Gasteiger partial charge >= 0.3 is 5.97 Å². The lowest BCUT2D eigenvalue weighted by molar-refractivity contribution is 0.0520. The summed E-state index contributed by atoms with van der Waals surface area (Å²) in [4.78, 5) is 16.1. The molecule has 0 unspecified atom stereocenters. The van der Waals surface area contributed by atoms with E-state index < -0.39 is 0 Å². The standard InChI is InChI=1S/C23H30N2O3S/c1-2-27-23(26)21-17-29-22(25-21)18-11-13-20(14-12-18)28-16-8-4-7-15-24-19-9-5-3-6-10-19/h4,7,11-14,17,19,24H,2-3,5-6,8-10,15-16H2,1H3/b7-4+. The van der Waals surface area contributed by atoms with Crippen LogP contribution in [0.4, 0.5) is 0 Å². The van der Waals surface area contributed by atoms with Gasteiger partial charge < -0.3 is 14.8 Å². The average Bonchev–Trinajstić information content (AvgIpc) is 3.25. The molecule has 5 nitrogen and oxygen atoms in total. The highest BCUT2D eigenvalue weighted by Crippen LogP contribution is 2.26. The fourth-order valence-electron chi connectivity index (χ4n) is 3.39. The van der Waals surface area contributed by atoms with Gasteiger partial charge in [-0.3, -0.25) is 0 Å². The first kappa shape index (κ1) is 21.5. The number of carbonyl (C=O) groups excluding carboxylic acids is 1. The number of nitrogens with one attached hydrogen (secondary N) is 1. The molecule has 1 aromatic carbocycles. The smallest absolute Gasteiger partial charge is 0.357 e. The van der Waals surface area contributed by atoms with Crippen LogP contribution in [0.3, 0.4) is 0 Å². The molecule has 0 spiro atoms. The largest absolute Gasteiger partial charge is 0.493 e. The molecule has 3 rings (SSSR count). The topological polar surface area (TPSA) is 60.5 Å². The van der Waals surface area contributed by atoms with Gasteiger partial charge in [0, 0.05) is 23.5 Å². The molecule has 156 valence electrons. The fraction of sp³-hybridized carbons (Fsp3) is 0.478. The molecule has 0 amide bonds. The Balaban J connectivity index is 1.37. The van der Waals surface area contributed by atoms with Gasteiger partial charge in [-0.25, -0.2) is 9.78 Å². The Hall–Kier alpha value is -2.18. The van der Waals surface area contributed by atoms with Crippen LogP contribution in [0.5, 0.6) is 5.75 Å². The van der Waals surface area contributed by atoms with E-state index >= 15 is 0 Å². The van der Waals surface area contributed by atoms with Crippen LogP contribution in [0.25, 0.3) is 10.6 Å². The highest BCUT2D eigenvalue weighted by molar-refractivity contribution is 7.13. The number of nitrogens with zero attached hydrogens (tertiary/aromatic N) is 1. The number of carbonyl (C=O) groups is 1. The van der Waals surface area contributed by atoms with E-state index in [1.165, 1.54) is 43.4 Å². The van der Waals surface area contributed by atoms with Crippen molar-refractivity contribution in [1.29, 1.82) is 0 Å². The number of esters is 1. The maximum absolute atomic E-state index is 11.7. The lowest BCUT2D eigenvalue weighted by Gasteiger charge is -2.21. The SMILES string of the molecule is CCOC(=O)c1csc(-c2ccc(OCC/C=C/CNC3CCCCC3)cc2)n1. The fourth-order valence-corrected chi connectivity index (χ4v) is 4.18. The van der Waals surface area contributed by atoms with Crippen molar-refractivity contribution >= 4 is 17.3 Å². The van der Waals surface area contributed by atoms with E-state index in [-0.39, 0.29) is 5.97 Å². The molecule has 29 heavy (non-hydrogen) atoms. The molecule has 1 aliphatic carbocycles. The zero-order valence-electron chi connectivity index (χ0n) is 17.1. The maximum Gasteiger partial charge on any atom is 0.357 e. The lowest BCUT2D eigenvalue weighted by atomic mass is 9.95. The summed E-state index contributed by atoms with van der Waals surface area (Å²) >= 11 is 1.43. The quantitative estimate of drug-likeness (QED) is 0.327. The van der Waals surface area contributed by atoms with Crippen molar-refractivity contribution in [3.8, 4) is 16.3 Å². The highest BCUT2D eigenvalue weighted by Gasteiger charge is 2.13. The maximum atomic E-state index is 11.7. The molecule has 0 atom stereocenters. The second kappa shape index (κ2) is 11.7. The van der Waals surface area contributed by atoms with Crippen molar-refractivity contribution in [1.82, 2.24) is 10.3 Å². The van der Waals surface area contributed by atoms with Crippen LogP contribution in [-0.4, -0.2) is 36.8 Å². The molecule has 1 heterocycles. The summed E-state index contributed by atoms with van der Waals surface area (Å²) < 4.78 is 10.8. The molecule has 0 aliphatic heterocycles. The Kier molecular flexibility index (Phi) is 8.71. The Morgan fingerprint density at radius 1 is 1.21 bits per heavy atom. The molecule has 0 saturated heterocycles. The van der Waals surface area contributed by atoms with Crippen molar-refractivity contribution < 1.29 is 14.3 Å². The van der Waals surface area contributed by atoms with Gasteiger partial charge in [0.2, 0.25) is 0 Å². The van der Waals surface area contributed by atoms with Gasteiger partial charge in [0.05, 0.1) is 13.2 Å². The molecule has 1 aromatic heterocycles. The summed E-state index contributed by atoms with van der Waals surface area (Å²) in [7, 11) is 0. The van der Waals surface area contributed by atoms with Crippen LogP contribution in [0.2, 0.25) is 0 Å². The molecule has 1 saturated carbocycles. The van der Waals surface area contributed by atoms with E-state index in [1.54, 1.807) is 12.3 Å². The predicted molar refractivity (Wildman–Crippen MR) is 118 cm³/mol. The van der Waals surface area contributed by atoms with Gasteiger partial charge in [-0.2, -0.15) is 0 Å². The van der Waals surface area contributed by atoms with Gasteiger partial charge in [-0.15, -0.1) is 11.3 Å². The highest BCUT2D eigenvalue weighted by atomic mass is 32.1. The molecule has 1 aliphatic rings. The Labute approximate surface area is 177 Å². The minimum absolute atomic E-state index is 0.351. The molecule has 1 N–H and O–H groups in total. The number of rotatable bonds is 10. The Bertz CT molecular complexity index is 780. The summed E-state index contributed by atoms with van der Waals surface area (Å²) in [6.45, 7) is 3.74. The first-order chi connectivity index (χ1) is 14.3. The van der Waals surface area contributed by atoms with Gasteiger partial charge in [-0.1, -0.05) is 31.4 Å². The third-order valence-electron chi connectivity index (χ3n) is 4.94. The summed E-state index contributed by atoms with van der Waals surface area (Å²) in [6, 6.07) is 8.51. The molecule has 6 heteroatoms. The number of aromatic nitrogens is 1. The predicted octanol–water partition coefficient (Wildman–Crippen LogP) is 5.23. The minimum Gasteiger partial charge on any atom is -0.493 e. The third-order valence-corrected chi connectivity index (χ3v) is 5.83. The van der Waals surface area contributed by atoms with E-state index in [4.69, 9.17) is 9.47 Å². The monoisotopic (exact) mass is 414 g/mol. The van der Waals surface area contributed by atoms with Gasteiger partial charge in [0.1, 0.15) is 10.8 Å². The Morgan fingerprint density at radius 3 is 2.76 bits per heavy atom. The molecular formula is C23H30N2O3S. The van der Waals surface area contributed by atoms with E-state index in [1.807, 2.05) is 24.3 Å². The average molecular weight is 415 g/mol. The molecule has 2 aromatic rings. The van der Waals surface area contributed by atoms with Gasteiger partial charge in [0.25, 0.3) is 0 Å². The van der Waals surface area contributed by atoms with Crippen LogP contribution >= 0.6 is 11.3 Å². The zero-order chi connectivity index (χ0) is 20.3. The van der Waals surface area contributed by atoms with E-state index in [9.17, 15) is 4.79 Å². The molecule has 0 radical (unpaired) electrons. The van der Waals surface area contributed by atoms with Gasteiger partial charge in [0.15, 0.2) is 5.69 Å². The number of thiazole rings is 1. The van der Waals surface area contributed by atoms with Crippen molar-refractivity contribution in [2.75, 3.05) is 19.8 Å². The molecule has 1 fully saturated rings. The second-order valence-corrected chi connectivity index (χ2v) is 7.99. The summed E-state index contributed by atoms with van der Waals surface area (Å²) in [5, 5.41) is 6.13. The molecule has 0 bridgehead atoms. The number of benzene rings is 1. The minimum atomic E-state index is -0.378. The number of ether oxygens (including phenoxy) is 2. The first-order valence-electron chi connectivity index (χ1n) is 10.5. The van der Waals surface area contributed by atoms with Crippen molar-refractivity contribution in [2.24, 2.45) is 0 Å². The van der Waals surface area contributed by atoms with Crippen LogP contribution in [0, 0.1) is 0 Å². The van der Waals surface area contributed by atoms with Crippen molar-refractivity contribution in [3.05, 3.63) is 47.5 Å². The summed E-state index contributed by atoms with van der Waals surface area (Å²) in [5.74, 6) is 0.460.